The van der Waals surface area contributed by atoms with E-state index in [4.69, 9.17) is 9.84 Å². The minimum Gasteiger partial charge on any atom is -0.489 e. The normalized spacial score (nSPS) is 23.8. The van der Waals surface area contributed by atoms with Crippen LogP contribution >= 0.6 is 0 Å². The third-order valence-electron chi connectivity index (χ3n) is 2.90. The molecule has 2 atom stereocenters. The lowest BCUT2D eigenvalue weighted by atomic mass is 10.2. The summed E-state index contributed by atoms with van der Waals surface area (Å²) in [6, 6.07) is 5.69. The monoisotopic (exact) mass is 239 g/mol. The van der Waals surface area contributed by atoms with Gasteiger partial charge >= 0.3 is 6.09 Å². The molecule has 0 spiro atoms. The molecule has 1 aromatic rings. The number of hydrogen-bond donors (Lipinski definition) is 1. The molecule has 1 saturated heterocycles. The molecule has 5 heteroatoms. The Hall–Kier alpha value is -1.78. The van der Waals surface area contributed by atoms with Gasteiger partial charge in [-0.3, -0.25) is 0 Å². The maximum atomic E-state index is 12.7. The van der Waals surface area contributed by atoms with E-state index < -0.39 is 6.09 Å². The zero-order valence-electron chi connectivity index (χ0n) is 9.47. The molecular weight excluding hydrogens is 225 g/mol. The second-order valence-electron chi connectivity index (χ2n) is 4.21. The molecule has 1 aliphatic heterocycles. The van der Waals surface area contributed by atoms with Crippen LogP contribution in [0.25, 0.3) is 0 Å². The van der Waals surface area contributed by atoms with Crippen LogP contribution in [0, 0.1) is 5.82 Å². The van der Waals surface area contributed by atoms with E-state index in [1.54, 1.807) is 12.1 Å². The van der Waals surface area contributed by atoms with Gasteiger partial charge in [0.2, 0.25) is 0 Å². The van der Waals surface area contributed by atoms with Crippen molar-refractivity contribution in [3.05, 3.63) is 30.1 Å². The molecule has 0 bridgehead atoms. The number of ether oxygens (including phenoxy) is 1. The molecule has 0 saturated carbocycles. The van der Waals surface area contributed by atoms with Crippen molar-refractivity contribution in [1.82, 2.24) is 4.90 Å². The molecule has 0 radical (unpaired) electrons. The van der Waals surface area contributed by atoms with Crippen LogP contribution in [0.15, 0.2) is 24.3 Å². The summed E-state index contributed by atoms with van der Waals surface area (Å²) in [5.74, 6) is 0.250. The second kappa shape index (κ2) is 4.61. The Bertz CT molecular complexity index is 407. The van der Waals surface area contributed by atoms with Gasteiger partial charge in [0.1, 0.15) is 17.7 Å². The molecule has 0 aromatic heterocycles. The van der Waals surface area contributed by atoms with Crippen molar-refractivity contribution in [2.75, 3.05) is 6.54 Å². The van der Waals surface area contributed by atoms with Crippen molar-refractivity contribution in [2.24, 2.45) is 0 Å². The van der Waals surface area contributed by atoms with E-state index in [9.17, 15) is 9.18 Å². The van der Waals surface area contributed by atoms with Crippen LogP contribution in [0.1, 0.15) is 13.3 Å². The molecule has 92 valence electrons. The largest absolute Gasteiger partial charge is 0.489 e. The molecule has 0 aliphatic carbocycles. The number of carboxylic acid groups (broad SMARTS) is 1. The van der Waals surface area contributed by atoms with Crippen LogP contribution in [-0.4, -0.2) is 34.8 Å². The first-order valence-corrected chi connectivity index (χ1v) is 5.48. The van der Waals surface area contributed by atoms with Gasteiger partial charge < -0.3 is 14.7 Å². The van der Waals surface area contributed by atoms with E-state index in [1.165, 1.54) is 17.0 Å². The topological polar surface area (TPSA) is 49.8 Å². The predicted molar refractivity (Wildman–Crippen MR) is 59.6 cm³/mol. The molecule has 1 amide bonds. The van der Waals surface area contributed by atoms with Gasteiger partial charge in [-0.05, 0) is 31.2 Å². The minimum atomic E-state index is -0.928. The van der Waals surface area contributed by atoms with E-state index >= 15 is 0 Å². The van der Waals surface area contributed by atoms with Crippen molar-refractivity contribution in [2.45, 2.75) is 25.5 Å². The Kier molecular flexibility index (Phi) is 3.17. The fourth-order valence-electron chi connectivity index (χ4n) is 2.04. The Balaban J connectivity index is 1.97. The van der Waals surface area contributed by atoms with E-state index in [2.05, 4.69) is 0 Å². The maximum absolute atomic E-state index is 12.7. The van der Waals surface area contributed by atoms with Gasteiger partial charge in [0.25, 0.3) is 0 Å². The Morgan fingerprint density at radius 1 is 1.47 bits per heavy atom. The fourth-order valence-corrected chi connectivity index (χ4v) is 2.04. The van der Waals surface area contributed by atoms with E-state index in [1.807, 2.05) is 6.92 Å². The highest BCUT2D eigenvalue weighted by Gasteiger charge is 2.33. The summed E-state index contributed by atoms with van der Waals surface area (Å²) in [6.07, 6.45) is -0.432. The summed E-state index contributed by atoms with van der Waals surface area (Å²) in [5.41, 5.74) is 0. The van der Waals surface area contributed by atoms with Crippen LogP contribution in [0.3, 0.4) is 0 Å². The Labute approximate surface area is 98.6 Å². The SMILES string of the molecule is C[C@@H]1CC(Oc2ccc(F)cc2)CN1C(=O)O. The van der Waals surface area contributed by atoms with Gasteiger partial charge in [-0.2, -0.15) is 0 Å². The number of likely N-dealkylation sites (tertiary alicyclic amines) is 1. The van der Waals surface area contributed by atoms with E-state index in [-0.39, 0.29) is 18.0 Å². The summed E-state index contributed by atoms with van der Waals surface area (Å²) in [7, 11) is 0. The summed E-state index contributed by atoms with van der Waals surface area (Å²) >= 11 is 0. The average Bonchev–Trinajstić information content (AvgIpc) is 2.63. The lowest BCUT2D eigenvalue weighted by molar-refractivity contribution is 0.137. The van der Waals surface area contributed by atoms with Gasteiger partial charge in [0.15, 0.2) is 0 Å². The molecule has 4 nitrogen and oxygen atoms in total. The van der Waals surface area contributed by atoms with E-state index in [0.717, 1.165) is 0 Å². The lowest BCUT2D eigenvalue weighted by Gasteiger charge is -2.16. The van der Waals surface area contributed by atoms with Crippen LogP contribution in [0.2, 0.25) is 0 Å². The average molecular weight is 239 g/mol. The molecule has 1 fully saturated rings. The van der Waals surface area contributed by atoms with Crippen molar-refractivity contribution in [1.29, 1.82) is 0 Å². The summed E-state index contributed by atoms with van der Waals surface area (Å²) < 4.78 is 18.3. The van der Waals surface area contributed by atoms with Crippen LogP contribution < -0.4 is 4.74 Å². The van der Waals surface area contributed by atoms with Gasteiger partial charge in [-0.15, -0.1) is 0 Å². The summed E-state index contributed by atoms with van der Waals surface area (Å²) in [6.45, 7) is 2.20. The van der Waals surface area contributed by atoms with Gasteiger partial charge in [-0.1, -0.05) is 0 Å². The molecule has 1 unspecified atom stereocenters. The first-order chi connectivity index (χ1) is 8.06. The Morgan fingerprint density at radius 2 is 2.12 bits per heavy atom. The summed E-state index contributed by atoms with van der Waals surface area (Å²) in [4.78, 5) is 12.2. The molecule has 1 N–H and O–H groups in total. The highest BCUT2D eigenvalue weighted by atomic mass is 19.1. The quantitative estimate of drug-likeness (QED) is 0.861. The lowest BCUT2D eigenvalue weighted by Crippen LogP contribution is -2.33. The van der Waals surface area contributed by atoms with E-state index in [0.29, 0.717) is 18.7 Å². The third kappa shape index (κ3) is 2.67. The van der Waals surface area contributed by atoms with Crippen LogP contribution in [-0.2, 0) is 0 Å². The van der Waals surface area contributed by atoms with Crippen molar-refractivity contribution in [3.63, 3.8) is 0 Å². The number of hydrogen-bond acceptors (Lipinski definition) is 2. The number of amides is 1. The first-order valence-electron chi connectivity index (χ1n) is 5.48. The highest BCUT2D eigenvalue weighted by Crippen LogP contribution is 2.22. The fraction of sp³-hybridized carbons (Fsp3) is 0.417. The highest BCUT2D eigenvalue weighted by molar-refractivity contribution is 5.65. The molecule has 2 rings (SSSR count). The van der Waals surface area contributed by atoms with Crippen molar-refractivity contribution in [3.8, 4) is 5.75 Å². The van der Waals surface area contributed by atoms with Gasteiger partial charge in [0.05, 0.1) is 6.54 Å². The zero-order chi connectivity index (χ0) is 12.4. The standard InChI is InChI=1S/C12H14FNO3/c1-8-6-11(7-14(8)12(15)16)17-10-4-2-9(13)3-5-10/h2-5,8,11H,6-7H2,1H3,(H,15,16)/t8-,11?/m1/s1. The third-order valence-corrected chi connectivity index (χ3v) is 2.90. The second-order valence-corrected chi connectivity index (χ2v) is 4.21. The molecule has 1 heterocycles. The number of rotatable bonds is 2. The van der Waals surface area contributed by atoms with Gasteiger partial charge in [-0.25, -0.2) is 9.18 Å². The summed E-state index contributed by atoms with van der Waals surface area (Å²) in [5, 5.41) is 8.92. The minimum absolute atomic E-state index is 0.0436. The number of carbonyl (C=O) groups is 1. The molecular formula is C12H14FNO3. The van der Waals surface area contributed by atoms with Crippen LogP contribution in [0.5, 0.6) is 5.75 Å². The number of benzene rings is 1. The molecule has 1 aliphatic rings. The van der Waals surface area contributed by atoms with Crippen molar-refractivity contribution >= 4 is 6.09 Å². The maximum Gasteiger partial charge on any atom is 0.407 e. The Morgan fingerprint density at radius 3 is 2.65 bits per heavy atom. The predicted octanol–water partition coefficient (Wildman–Crippen LogP) is 2.35. The number of nitrogens with zero attached hydrogens (tertiary/aromatic N) is 1. The molecule has 17 heavy (non-hydrogen) atoms. The molecule has 1 aromatic carbocycles. The number of halogens is 1. The van der Waals surface area contributed by atoms with Gasteiger partial charge in [0, 0.05) is 12.5 Å². The smallest absolute Gasteiger partial charge is 0.407 e. The van der Waals surface area contributed by atoms with Crippen LogP contribution in [0.4, 0.5) is 9.18 Å². The van der Waals surface area contributed by atoms with Crippen molar-refractivity contribution < 1.29 is 19.0 Å². The zero-order valence-corrected chi connectivity index (χ0v) is 9.47. The first kappa shape index (κ1) is 11.7.